The molecule has 2 aromatic rings. The Hall–Kier alpha value is -2.58. The number of aryl methyl sites for hydroxylation is 1. The number of thiazole rings is 1. The van der Waals surface area contributed by atoms with Crippen molar-refractivity contribution in [2.24, 2.45) is 5.92 Å². The number of hydrogen-bond acceptors (Lipinski definition) is 7. The molecule has 4 heterocycles. The van der Waals surface area contributed by atoms with Crippen molar-refractivity contribution in [3.63, 3.8) is 0 Å². The number of amides is 1. The van der Waals surface area contributed by atoms with E-state index >= 15 is 0 Å². The van der Waals surface area contributed by atoms with Crippen molar-refractivity contribution >= 4 is 34.6 Å². The quantitative estimate of drug-likeness (QED) is 0.387. The van der Waals surface area contributed by atoms with Gasteiger partial charge in [0.05, 0.1) is 16.5 Å². The average molecular weight is 510 g/mol. The number of nitrogens with one attached hydrogen (secondary N) is 1. The van der Waals surface area contributed by atoms with Crippen LogP contribution in [0.2, 0.25) is 0 Å². The average Bonchev–Trinajstić information content (AvgIpc) is 3.37. The molecule has 1 N–H and O–H groups in total. The number of rotatable bonds is 9. The summed E-state index contributed by atoms with van der Waals surface area (Å²) < 4.78 is 6.28. The molecule has 2 bridgehead atoms. The second kappa shape index (κ2) is 11.2. The van der Waals surface area contributed by atoms with Gasteiger partial charge in [-0.05, 0) is 68.7 Å². The third-order valence-electron chi connectivity index (χ3n) is 8.19. The lowest BCUT2D eigenvalue weighted by Crippen LogP contribution is -2.53. The molecule has 192 valence electrons. The maximum absolute atomic E-state index is 13.8. The highest BCUT2D eigenvalue weighted by Gasteiger charge is 2.45. The van der Waals surface area contributed by atoms with E-state index in [1.165, 1.54) is 17.5 Å². The Balaban J connectivity index is 1.22. The summed E-state index contributed by atoms with van der Waals surface area (Å²) in [5.41, 5.74) is 1.65. The molecule has 4 aliphatic rings. The predicted molar refractivity (Wildman–Crippen MR) is 139 cm³/mol. The minimum Gasteiger partial charge on any atom is -0.460 e. The molecule has 1 aromatic heterocycles. The number of hydrogen-bond donors (Lipinski definition) is 1. The third kappa shape index (κ3) is 5.54. The molecule has 0 spiro atoms. The fourth-order valence-electron chi connectivity index (χ4n) is 6.12. The molecule has 1 atom stereocenters. The Kier molecular flexibility index (Phi) is 7.82. The van der Waals surface area contributed by atoms with Crippen LogP contribution in [0.15, 0.2) is 30.5 Å². The van der Waals surface area contributed by atoms with Crippen LogP contribution >= 0.6 is 11.3 Å². The largest absolute Gasteiger partial charge is 0.460 e. The maximum Gasteiger partial charge on any atom is 0.316 e. The molecule has 8 heteroatoms. The van der Waals surface area contributed by atoms with Crippen LogP contribution in [-0.4, -0.2) is 53.8 Å². The Morgan fingerprint density at radius 1 is 1.19 bits per heavy atom. The lowest BCUT2D eigenvalue weighted by atomic mass is 9.69. The lowest BCUT2D eigenvalue weighted by molar-refractivity contribution is -0.167. The van der Waals surface area contributed by atoms with E-state index in [-0.39, 0.29) is 18.0 Å². The summed E-state index contributed by atoms with van der Waals surface area (Å²) >= 11 is 1.17. The topological polar surface area (TPSA) is 88.6 Å². The Bertz CT molecular complexity index is 1090. The molecule has 3 aliphatic heterocycles. The van der Waals surface area contributed by atoms with Crippen LogP contribution in [0.3, 0.4) is 0 Å². The highest BCUT2D eigenvalue weighted by atomic mass is 32.1. The normalized spacial score (nSPS) is 24.7. The second-order valence-electron chi connectivity index (χ2n) is 10.5. The van der Waals surface area contributed by atoms with Crippen molar-refractivity contribution < 1.29 is 19.1 Å². The van der Waals surface area contributed by atoms with Gasteiger partial charge in [-0.2, -0.15) is 0 Å². The molecule has 1 unspecified atom stereocenters. The van der Waals surface area contributed by atoms with Gasteiger partial charge in [-0.15, -0.1) is 0 Å². The number of carbonyl (C=O) groups excluding carboxylic acids is 3. The SMILES string of the molecule is O=Cc1cnc(NC(=O)CCCc2cccc(C3(C(=O)OC4CN5CCC4CC5)CCCCC3)c2)s1. The van der Waals surface area contributed by atoms with Gasteiger partial charge >= 0.3 is 5.97 Å². The Labute approximate surface area is 216 Å². The van der Waals surface area contributed by atoms with E-state index in [4.69, 9.17) is 4.74 Å². The first-order chi connectivity index (χ1) is 17.6. The second-order valence-corrected chi connectivity index (χ2v) is 11.6. The van der Waals surface area contributed by atoms with Crippen LogP contribution in [0.4, 0.5) is 5.13 Å². The van der Waals surface area contributed by atoms with E-state index in [0.29, 0.717) is 28.8 Å². The molecule has 1 aliphatic carbocycles. The van der Waals surface area contributed by atoms with Crippen LogP contribution in [0.25, 0.3) is 0 Å². The minimum absolute atomic E-state index is 0.0287. The van der Waals surface area contributed by atoms with Crippen molar-refractivity contribution in [3.05, 3.63) is 46.5 Å². The van der Waals surface area contributed by atoms with Gasteiger partial charge in [-0.25, -0.2) is 4.98 Å². The number of ether oxygens (including phenoxy) is 1. The molecule has 6 rings (SSSR count). The molecule has 36 heavy (non-hydrogen) atoms. The van der Waals surface area contributed by atoms with Crippen LogP contribution in [-0.2, 0) is 26.2 Å². The number of carbonyl (C=O) groups is 3. The summed E-state index contributed by atoms with van der Waals surface area (Å²) in [5, 5.41) is 3.21. The zero-order chi connectivity index (χ0) is 25.0. The van der Waals surface area contributed by atoms with Gasteiger partial charge in [0.1, 0.15) is 6.10 Å². The van der Waals surface area contributed by atoms with Crippen molar-refractivity contribution in [3.8, 4) is 0 Å². The maximum atomic E-state index is 13.8. The highest BCUT2D eigenvalue weighted by molar-refractivity contribution is 7.17. The molecule has 1 saturated carbocycles. The van der Waals surface area contributed by atoms with Gasteiger partial charge in [0.2, 0.25) is 5.91 Å². The number of aldehydes is 1. The smallest absolute Gasteiger partial charge is 0.316 e. The Morgan fingerprint density at radius 3 is 2.69 bits per heavy atom. The van der Waals surface area contributed by atoms with E-state index in [0.717, 1.165) is 88.4 Å². The molecule has 3 saturated heterocycles. The van der Waals surface area contributed by atoms with Crippen LogP contribution in [0.5, 0.6) is 0 Å². The zero-order valence-electron chi connectivity index (χ0n) is 20.7. The van der Waals surface area contributed by atoms with Gasteiger partial charge in [-0.3, -0.25) is 19.3 Å². The van der Waals surface area contributed by atoms with Gasteiger partial charge in [0, 0.05) is 13.0 Å². The van der Waals surface area contributed by atoms with E-state index in [9.17, 15) is 14.4 Å². The first-order valence-corrected chi connectivity index (χ1v) is 14.1. The summed E-state index contributed by atoms with van der Waals surface area (Å²) in [6.45, 7) is 3.15. The number of benzene rings is 1. The predicted octanol–water partition coefficient (Wildman–Crippen LogP) is 4.76. The van der Waals surface area contributed by atoms with Crippen molar-refractivity contribution in [2.45, 2.75) is 75.7 Å². The number of piperidine rings is 3. The van der Waals surface area contributed by atoms with E-state index in [1.54, 1.807) is 0 Å². The van der Waals surface area contributed by atoms with Gasteiger partial charge in [0.25, 0.3) is 0 Å². The molecule has 1 aromatic carbocycles. The zero-order valence-corrected chi connectivity index (χ0v) is 21.6. The minimum atomic E-state index is -0.557. The van der Waals surface area contributed by atoms with E-state index in [1.807, 2.05) is 6.07 Å². The van der Waals surface area contributed by atoms with Crippen molar-refractivity contribution in [2.75, 3.05) is 25.0 Å². The fraction of sp³-hybridized carbons (Fsp3) is 0.571. The first kappa shape index (κ1) is 25.1. The summed E-state index contributed by atoms with van der Waals surface area (Å²) in [6, 6.07) is 8.37. The summed E-state index contributed by atoms with van der Waals surface area (Å²) in [4.78, 5) is 43.8. The van der Waals surface area contributed by atoms with E-state index < -0.39 is 5.41 Å². The number of anilines is 1. The van der Waals surface area contributed by atoms with Gasteiger partial charge < -0.3 is 10.1 Å². The van der Waals surface area contributed by atoms with Crippen molar-refractivity contribution in [1.29, 1.82) is 0 Å². The number of esters is 1. The fourth-order valence-corrected chi connectivity index (χ4v) is 6.77. The van der Waals surface area contributed by atoms with Gasteiger partial charge in [-0.1, -0.05) is 54.9 Å². The van der Waals surface area contributed by atoms with Gasteiger partial charge in [0.15, 0.2) is 11.4 Å². The van der Waals surface area contributed by atoms with Crippen LogP contribution < -0.4 is 5.32 Å². The lowest BCUT2D eigenvalue weighted by Gasteiger charge is -2.45. The monoisotopic (exact) mass is 509 g/mol. The summed E-state index contributed by atoms with van der Waals surface area (Å²) in [7, 11) is 0. The highest BCUT2D eigenvalue weighted by Crippen LogP contribution is 2.42. The molecular weight excluding hydrogens is 474 g/mol. The Morgan fingerprint density at radius 2 is 2.00 bits per heavy atom. The molecule has 0 radical (unpaired) electrons. The number of aromatic nitrogens is 1. The molecule has 7 nitrogen and oxygen atoms in total. The standard InChI is InChI=1S/C28H35N3O4S/c32-19-23-17-29-27(36-23)30-25(33)9-5-7-20-6-4-8-22(16-20)28(12-2-1-3-13-28)26(34)35-24-18-31-14-10-21(24)11-15-31/h4,6,8,16-17,19,21,24H,1-3,5,7,9-15,18H2,(H,29,30,33). The number of fused-ring (bicyclic) bond motifs is 3. The summed E-state index contributed by atoms with van der Waals surface area (Å²) in [5.74, 6) is 0.366. The van der Waals surface area contributed by atoms with Crippen molar-refractivity contribution in [1.82, 2.24) is 9.88 Å². The van der Waals surface area contributed by atoms with Crippen LogP contribution in [0.1, 0.15) is 78.6 Å². The third-order valence-corrected chi connectivity index (χ3v) is 9.03. The first-order valence-electron chi connectivity index (χ1n) is 13.3. The van der Waals surface area contributed by atoms with Crippen LogP contribution in [0, 0.1) is 5.92 Å². The van der Waals surface area contributed by atoms with E-state index in [2.05, 4.69) is 33.4 Å². The molecular formula is C28H35N3O4S. The molecule has 1 amide bonds. The number of nitrogens with zero attached hydrogens (tertiary/aromatic N) is 2. The molecule has 4 fully saturated rings. The summed E-state index contributed by atoms with van der Waals surface area (Å²) in [6.07, 6.45) is 11.2.